The summed E-state index contributed by atoms with van der Waals surface area (Å²) >= 11 is 0. The van der Waals surface area contributed by atoms with E-state index < -0.39 is 12.0 Å². The van der Waals surface area contributed by atoms with E-state index in [1.807, 2.05) is 6.92 Å². The van der Waals surface area contributed by atoms with Crippen molar-refractivity contribution in [1.82, 2.24) is 14.9 Å². The summed E-state index contributed by atoms with van der Waals surface area (Å²) in [6, 6.07) is -0.0825. The van der Waals surface area contributed by atoms with Crippen LogP contribution in [0.5, 0.6) is 0 Å². The summed E-state index contributed by atoms with van der Waals surface area (Å²) in [7, 11) is 0. The number of unbranched alkanes of at least 4 members (excludes halogenated alkanes) is 1. The smallest absolute Gasteiger partial charge is 0.321 e. The first-order chi connectivity index (χ1) is 9.99. The van der Waals surface area contributed by atoms with Crippen LogP contribution in [0.15, 0.2) is 0 Å². The van der Waals surface area contributed by atoms with Gasteiger partial charge in [0.1, 0.15) is 0 Å². The molecule has 1 aromatic rings. The van der Waals surface area contributed by atoms with Gasteiger partial charge in [0.15, 0.2) is 0 Å². The van der Waals surface area contributed by atoms with Gasteiger partial charge in [-0.2, -0.15) is 13.2 Å². The zero-order valence-electron chi connectivity index (χ0n) is 12.8. The van der Waals surface area contributed by atoms with Gasteiger partial charge in [0, 0.05) is 31.2 Å². The van der Waals surface area contributed by atoms with Crippen LogP contribution in [-0.2, 0) is 19.1 Å². The highest BCUT2D eigenvalue weighted by Crippen LogP contribution is 2.36. The zero-order chi connectivity index (χ0) is 15.5. The number of nitrogens with one attached hydrogen (secondary N) is 1. The maximum atomic E-state index is 13.4. The van der Waals surface area contributed by atoms with Crippen molar-refractivity contribution >= 4 is 0 Å². The lowest BCUT2D eigenvalue weighted by Gasteiger charge is -2.25. The molecule has 1 unspecified atom stereocenters. The minimum Gasteiger partial charge on any atom is -0.321 e. The summed E-state index contributed by atoms with van der Waals surface area (Å²) < 4.78 is 41.6. The lowest BCUT2D eigenvalue weighted by Crippen LogP contribution is -2.27. The van der Waals surface area contributed by atoms with Crippen LogP contribution >= 0.6 is 0 Å². The van der Waals surface area contributed by atoms with Crippen LogP contribution in [0.2, 0.25) is 0 Å². The molecule has 0 aliphatic carbocycles. The van der Waals surface area contributed by atoms with E-state index >= 15 is 0 Å². The quantitative estimate of drug-likeness (QED) is 0.858. The molecule has 21 heavy (non-hydrogen) atoms. The summed E-state index contributed by atoms with van der Waals surface area (Å²) in [6.45, 7) is 5.26. The number of hydrogen-bond acceptors (Lipinski definition) is 2. The van der Waals surface area contributed by atoms with Gasteiger partial charge in [0.25, 0.3) is 0 Å². The van der Waals surface area contributed by atoms with E-state index in [1.54, 1.807) is 0 Å². The number of alkyl halides is 3. The number of nitrogens with zero attached hydrogens (tertiary/aromatic N) is 2. The minimum absolute atomic E-state index is 0.0825. The number of halogens is 3. The summed E-state index contributed by atoms with van der Waals surface area (Å²) in [5.74, 6) is -0.703. The minimum atomic E-state index is -4.38. The van der Waals surface area contributed by atoms with E-state index in [0.717, 1.165) is 44.3 Å². The molecule has 0 saturated heterocycles. The molecule has 1 aliphatic rings. The molecular weight excluding hydrogens is 279 g/mol. The maximum absolute atomic E-state index is 13.4. The zero-order valence-corrected chi connectivity index (χ0v) is 12.8. The van der Waals surface area contributed by atoms with Crippen molar-refractivity contribution in [2.45, 2.75) is 71.1 Å². The van der Waals surface area contributed by atoms with Crippen molar-refractivity contribution < 1.29 is 13.2 Å². The molecule has 0 bridgehead atoms. The third-order valence-electron chi connectivity index (χ3n) is 4.06. The Morgan fingerprint density at radius 1 is 1.24 bits per heavy atom. The monoisotopic (exact) mass is 303 g/mol. The lowest BCUT2D eigenvalue weighted by molar-refractivity contribution is -0.148. The number of hydrogen-bond donors (Lipinski definition) is 1. The van der Waals surface area contributed by atoms with E-state index in [2.05, 4.69) is 17.2 Å². The van der Waals surface area contributed by atoms with Gasteiger partial charge in [-0.1, -0.05) is 33.1 Å². The van der Waals surface area contributed by atoms with Crippen LogP contribution in [0.4, 0.5) is 13.2 Å². The third-order valence-corrected chi connectivity index (χ3v) is 4.06. The molecule has 6 heteroatoms. The fourth-order valence-corrected chi connectivity index (χ4v) is 3.10. The summed E-state index contributed by atoms with van der Waals surface area (Å²) in [6.07, 6.45) is 0.660. The Kier molecular flexibility index (Phi) is 5.30. The fourth-order valence-electron chi connectivity index (χ4n) is 3.10. The van der Waals surface area contributed by atoms with Gasteiger partial charge in [-0.05, 0) is 12.8 Å². The van der Waals surface area contributed by atoms with Gasteiger partial charge in [-0.15, -0.1) is 0 Å². The molecule has 1 atom stereocenters. The Morgan fingerprint density at radius 2 is 2.00 bits per heavy atom. The highest BCUT2D eigenvalue weighted by atomic mass is 19.4. The normalized spacial score (nSPS) is 16.8. The molecule has 0 aromatic carbocycles. The maximum Gasteiger partial charge on any atom is 0.449 e. The van der Waals surface area contributed by atoms with Crippen molar-refractivity contribution in [3.63, 3.8) is 0 Å². The molecule has 0 amide bonds. The van der Waals surface area contributed by atoms with Gasteiger partial charge in [-0.3, -0.25) is 0 Å². The Balaban J connectivity index is 2.44. The van der Waals surface area contributed by atoms with Crippen molar-refractivity contribution in [1.29, 1.82) is 0 Å². The highest BCUT2D eigenvalue weighted by molar-refractivity contribution is 5.22. The second-order valence-corrected chi connectivity index (χ2v) is 5.71. The van der Waals surface area contributed by atoms with Gasteiger partial charge < -0.3 is 9.88 Å². The van der Waals surface area contributed by atoms with E-state index in [0.29, 0.717) is 18.7 Å². The van der Waals surface area contributed by atoms with E-state index in [1.165, 1.54) is 4.57 Å². The first kappa shape index (κ1) is 16.3. The Hall–Kier alpha value is -1.04. The van der Waals surface area contributed by atoms with Crippen LogP contribution in [0.25, 0.3) is 0 Å². The van der Waals surface area contributed by atoms with Crippen LogP contribution in [0, 0.1) is 0 Å². The molecule has 2 heterocycles. The van der Waals surface area contributed by atoms with Crippen molar-refractivity contribution in [2.24, 2.45) is 0 Å². The largest absolute Gasteiger partial charge is 0.449 e. The third kappa shape index (κ3) is 3.59. The first-order valence-corrected chi connectivity index (χ1v) is 7.86. The van der Waals surface area contributed by atoms with E-state index in [4.69, 9.17) is 0 Å². The average molecular weight is 303 g/mol. The number of fused-ring (bicyclic) bond motifs is 1. The van der Waals surface area contributed by atoms with Gasteiger partial charge in [0.2, 0.25) is 5.82 Å². The molecule has 0 saturated carbocycles. The van der Waals surface area contributed by atoms with Gasteiger partial charge in [0.05, 0.1) is 5.69 Å². The molecule has 1 aromatic heterocycles. The topological polar surface area (TPSA) is 29.9 Å². The van der Waals surface area contributed by atoms with Crippen LogP contribution in [0.3, 0.4) is 0 Å². The van der Waals surface area contributed by atoms with Gasteiger partial charge >= 0.3 is 6.18 Å². The molecule has 0 fully saturated rings. The fraction of sp³-hybridized carbons (Fsp3) is 0.800. The molecule has 2 rings (SSSR count). The highest BCUT2D eigenvalue weighted by Gasteiger charge is 2.40. The SMILES string of the molecule is CCCCC(CCC)n1c(C(F)(F)F)nc2c1CCNC2. The van der Waals surface area contributed by atoms with Crippen LogP contribution in [-0.4, -0.2) is 16.1 Å². The first-order valence-electron chi connectivity index (χ1n) is 7.86. The van der Waals surface area contributed by atoms with E-state index in [9.17, 15) is 13.2 Å². The molecule has 1 N–H and O–H groups in total. The standard InChI is InChI=1S/C15H24F3N3/c1-3-5-7-11(6-4-2)21-13-8-9-19-10-12(13)20-14(21)15(16,17)18/h11,19H,3-10H2,1-2H3. The second-order valence-electron chi connectivity index (χ2n) is 5.71. The molecular formula is C15H24F3N3. The second kappa shape index (κ2) is 6.81. The van der Waals surface area contributed by atoms with Crippen LogP contribution in [0.1, 0.15) is 69.2 Å². The Bertz CT molecular complexity index is 465. The Labute approximate surface area is 123 Å². The molecule has 1 aliphatic heterocycles. The summed E-state index contributed by atoms with van der Waals surface area (Å²) in [5.41, 5.74) is 1.36. The number of rotatable bonds is 6. The van der Waals surface area contributed by atoms with Crippen molar-refractivity contribution in [3.05, 3.63) is 17.2 Å². The molecule has 0 radical (unpaired) electrons. The van der Waals surface area contributed by atoms with Gasteiger partial charge in [-0.25, -0.2) is 4.98 Å². The lowest BCUT2D eigenvalue weighted by atomic mass is 10.0. The predicted octanol–water partition coefficient (Wildman–Crippen LogP) is 4.08. The Morgan fingerprint density at radius 3 is 2.62 bits per heavy atom. The van der Waals surface area contributed by atoms with E-state index in [-0.39, 0.29) is 6.04 Å². The van der Waals surface area contributed by atoms with Crippen LogP contribution < -0.4 is 5.32 Å². The number of imidazole rings is 1. The number of aromatic nitrogens is 2. The summed E-state index contributed by atoms with van der Waals surface area (Å²) in [5, 5.41) is 3.10. The average Bonchev–Trinajstić information content (AvgIpc) is 2.83. The molecule has 120 valence electrons. The predicted molar refractivity (Wildman–Crippen MR) is 76.1 cm³/mol. The summed E-state index contributed by atoms with van der Waals surface area (Å²) in [4.78, 5) is 3.91. The molecule has 3 nitrogen and oxygen atoms in total. The van der Waals surface area contributed by atoms with Crippen molar-refractivity contribution in [2.75, 3.05) is 6.54 Å². The van der Waals surface area contributed by atoms with Crippen molar-refractivity contribution in [3.8, 4) is 0 Å². The molecule has 0 spiro atoms.